The number of carboxylic acids is 1. The number of carbonyl (C=O) groups is 1. The fourth-order valence-corrected chi connectivity index (χ4v) is 2.51. The molecule has 0 unspecified atom stereocenters. The van der Waals surface area contributed by atoms with Gasteiger partial charge in [-0.15, -0.1) is 0 Å². The van der Waals surface area contributed by atoms with Crippen molar-refractivity contribution in [3.8, 4) is 0 Å². The molecule has 5 nitrogen and oxygen atoms in total. The van der Waals surface area contributed by atoms with E-state index in [2.05, 4.69) is 10.00 Å². The molecular weight excluding hydrogens is 230 g/mol. The van der Waals surface area contributed by atoms with E-state index in [9.17, 15) is 4.79 Å². The summed E-state index contributed by atoms with van der Waals surface area (Å²) in [4.78, 5) is 13.5. The zero-order valence-electron chi connectivity index (χ0n) is 10.9. The molecule has 1 aliphatic heterocycles. The molecule has 0 aliphatic carbocycles. The number of hydrogen-bond acceptors (Lipinski definition) is 3. The third kappa shape index (κ3) is 3.10. The van der Waals surface area contributed by atoms with Gasteiger partial charge in [0.25, 0.3) is 0 Å². The highest BCUT2D eigenvalue weighted by Gasteiger charge is 2.18. The highest BCUT2D eigenvalue weighted by atomic mass is 16.4. The first-order valence-electron chi connectivity index (χ1n) is 6.65. The average molecular weight is 251 g/mol. The van der Waals surface area contributed by atoms with Crippen LogP contribution in [-0.2, 0) is 13.6 Å². The Balaban J connectivity index is 2.07. The van der Waals surface area contributed by atoms with Crippen LogP contribution in [0, 0.1) is 0 Å². The summed E-state index contributed by atoms with van der Waals surface area (Å²) in [5.41, 5.74) is 1.14. The van der Waals surface area contributed by atoms with Crippen molar-refractivity contribution in [1.29, 1.82) is 0 Å². The molecule has 1 aliphatic rings. The standard InChI is InChI=1S/C13H21N3O2/c1-15-12(11(9-14-15)13(17)18)10-16-7-5-3-2-4-6-8-16/h9H,2-8,10H2,1H3,(H,17,18). The smallest absolute Gasteiger partial charge is 0.339 e. The third-order valence-corrected chi connectivity index (χ3v) is 3.61. The Labute approximate surface area is 107 Å². The number of aryl methyl sites for hydroxylation is 1. The van der Waals surface area contributed by atoms with E-state index in [1.54, 1.807) is 4.68 Å². The minimum Gasteiger partial charge on any atom is -0.478 e. The lowest BCUT2D eigenvalue weighted by Crippen LogP contribution is -2.28. The number of hydrogen-bond donors (Lipinski definition) is 1. The van der Waals surface area contributed by atoms with Crippen molar-refractivity contribution in [2.24, 2.45) is 7.05 Å². The molecule has 0 bridgehead atoms. The fraction of sp³-hybridized carbons (Fsp3) is 0.692. The number of likely N-dealkylation sites (tertiary alicyclic amines) is 1. The summed E-state index contributed by atoms with van der Waals surface area (Å²) in [7, 11) is 1.81. The molecule has 2 rings (SSSR count). The SMILES string of the molecule is Cn1ncc(C(=O)O)c1CN1CCCCCCC1. The molecule has 1 aromatic heterocycles. The summed E-state index contributed by atoms with van der Waals surface area (Å²) < 4.78 is 1.68. The van der Waals surface area contributed by atoms with Crippen LogP contribution >= 0.6 is 0 Å². The second kappa shape index (κ2) is 6.00. The van der Waals surface area contributed by atoms with E-state index in [0.717, 1.165) is 18.8 Å². The van der Waals surface area contributed by atoms with Crippen LogP contribution in [0.5, 0.6) is 0 Å². The summed E-state index contributed by atoms with van der Waals surface area (Å²) in [5.74, 6) is -0.884. The van der Waals surface area contributed by atoms with Crippen molar-refractivity contribution in [3.63, 3.8) is 0 Å². The molecule has 0 spiro atoms. The molecule has 0 aromatic carbocycles. The molecule has 0 atom stereocenters. The fourth-order valence-electron chi connectivity index (χ4n) is 2.51. The Morgan fingerprint density at radius 1 is 1.28 bits per heavy atom. The molecule has 5 heteroatoms. The van der Waals surface area contributed by atoms with E-state index in [1.165, 1.54) is 38.3 Å². The number of nitrogens with zero attached hydrogens (tertiary/aromatic N) is 3. The van der Waals surface area contributed by atoms with Gasteiger partial charge < -0.3 is 5.11 Å². The van der Waals surface area contributed by atoms with E-state index < -0.39 is 5.97 Å². The zero-order valence-corrected chi connectivity index (χ0v) is 10.9. The molecular formula is C13H21N3O2. The second-order valence-corrected chi connectivity index (χ2v) is 4.98. The molecule has 2 heterocycles. The molecule has 0 amide bonds. The minimum atomic E-state index is -0.884. The van der Waals surface area contributed by atoms with Gasteiger partial charge in [-0.3, -0.25) is 9.58 Å². The molecule has 1 fully saturated rings. The zero-order chi connectivity index (χ0) is 13.0. The molecule has 0 radical (unpaired) electrons. The van der Waals surface area contributed by atoms with Gasteiger partial charge in [-0.25, -0.2) is 4.79 Å². The monoisotopic (exact) mass is 251 g/mol. The molecule has 1 saturated heterocycles. The molecule has 1 N–H and O–H groups in total. The normalized spacial score (nSPS) is 18.3. The Hall–Kier alpha value is -1.36. The van der Waals surface area contributed by atoms with E-state index in [4.69, 9.17) is 5.11 Å². The summed E-state index contributed by atoms with van der Waals surface area (Å²) in [5, 5.41) is 13.2. The van der Waals surface area contributed by atoms with Gasteiger partial charge in [0, 0.05) is 13.6 Å². The van der Waals surface area contributed by atoms with Crippen molar-refractivity contribution in [1.82, 2.24) is 14.7 Å². The highest BCUT2D eigenvalue weighted by molar-refractivity contribution is 5.88. The maximum Gasteiger partial charge on any atom is 0.339 e. The van der Waals surface area contributed by atoms with Crippen LogP contribution in [0.3, 0.4) is 0 Å². The van der Waals surface area contributed by atoms with E-state index in [1.807, 2.05) is 7.05 Å². The van der Waals surface area contributed by atoms with Crippen LogP contribution in [0.2, 0.25) is 0 Å². The predicted octanol–water partition coefficient (Wildman–Crippen LogP) is 1.88. The van der Waals surface area contributed by atoms with E-state index in [0.29, 0.717) is 12.1 Å². The Morgan fingerprint density at radius 2 is 1.89 bits per heavy atom. The van der Waals surface area contributed by atoms with Gasteiger partial charge in [0.2, 0.25) is 0 Å². The first-order valence-corrected chi connectivity index (χ1v) is 6.65. The van der Waals surface area contributed by atoms with Gasteiger partial charge in [-0.2, -0.15) is 5.10 Å². The van der Waals surface area contributed by atoms with Crippen LogP contribution in [0.15, 0.2) is 6.20 Å². The number of carboxylic acid groups (broad SMARTS) is 1. The maximum absolute atomic E-state index is 11.1. The van der Waals surface area contributed by atoms with Crippen molar-refractivity contribution >= 4 is 5.97 Å². The Kier molecular flexibility index (Phi) is 4.36. The van der Waals surface area contributed by atoms with Crippen LogP contribution in [0.4, 0.5) is 0 Å². The summed E-state index contributed by atoms with van der Waals surface area (Å²) in [6, 6.07) is 0. The lowest BCUT2D eigenvalue weighted by Gasteiger charge is -2.24. The van der Waals surface area contributed by atoms with Crippen LogP contribution in [0.1, 0.15) is 48.2 Å². The van der Waals surface area contributed by atoms with Crippen molar-refractivity contribution in [3.05, 3.63) is 17.5 Å². The minimum absolute atomic E-state index is 0.333. The first-order chi connectivity index (χ1) is 8.68. The summed E-state index contributed by atoms with van der Waals surface area (Å²) >= 11 is 0. The first kappa shape index (κ1) is 13.1. The number of aromatic nitrogens is 2. The van der Waals surface area contributed by atoms with Crippen molar-refractivity contribution in [2.45, 2.75) is 38.6 Å². The van der Waals surface area contributed by atoms with Crippen molar-refractivity contribution in [2.75, 3.05) is 13.1 Å². The largest absolute Gasteiger partial charge is 0.478 e. The predicted molar refractivity (Wildman–Crippen MR) is 68.5 cm³/mol. The third-order valence-electron chi connectivity index (χ3n) is 3.61. The molecule has 0 saturated carbocycles. The van der Waals surface area contributed by atoms with Gasteiger partial charge in [0.05, 0.1) is 11.9 Å². The van der Waals surface area contributed by atoms with E-state index >= 15 is 0 Å². The van der Waals surface area contributed by atoms with Gasteiger partial charge in [-0.1, -0.05) is 19.3 Å². The summed E-state index contributed by atoms with van der Waals surface area (Å²) in [6.07, 6.45) is 7.77. The Morgan fingerprint density at radius 3 is 2.50 bits per heavy atom. The van der Waals surface area contributed by atoms with Crippen LogP contribution < -0.4 is 0 Å². The van der Waals surface area contributed by atoms with Gasteiger partial charge >= 0.3 is 5.97 Å². The van der Waals surface area contributed by atoms with Gasteiger partial charge in [0.15, 0.2) is 0 Å². The average Bonchev–Trinajstić information content (AvgIpc) is 2.64. The van der Waals surface area contributed by atoms with Crippen molar-refractivity contribution < 1.29 is 9.90 Å². The molecule has 1 aromatic rings. The van der Waals surface area contributed by atoms with E-state index in [-0.39, 0.29) is 0 Å². The van der Waals surface area contributed by atoms with Gasteiger partial charge in [0.1, 0.15) is 5.56 Å². The number of rotatable bonds is 3. The van der Waals surface area contributed by atoms with Crippen LogP contribution in [-0.4, -0.2) is 38.8 Å². The summed E-state index contributed by atoms with van der Waals surface area (Å²) in [6.45, 7) is 2.81. The topological polar surface area (TPSA) is 58.4 Å². The van der Waals surface area contributed by atoms with Crippen LogP contribution in [0.25, 0.3) is 0 Å². The highest BCUT2D eigenvalue weighted by Crippen LogP contribution is 2.15. The molecule has 100 valence electrons. The molecule has 18 heavy (non-hydrogen) atoms. The lowest BCUT2D eigenvalue weighted by atomic mass is 10.1. The second-order valence-electron chi connectivity index (χ2n) is 4.98. The number of aromatic carboxylic acids is 1. The maximum atomic E-state index is 11.1. The van der Waals surface area contributed by atoms with Gasteiger partial charge in [-0.05, 0) is 25.9 Å². The quantitative estimate of drug-likeness (QED) is 0.891. The Bertz CT molecular complexity index is 406. The lowest BCUT2D eigenvalue weighted by molar-refractivity contribution is 0.0694.